The first-order chi connectivity index (χ1) is 14.2. The number of carbonyl (C=O) groups excluding carboxylic acids is 1. The molecule has 2 aromatic heterocycles. The van der Waals surface area contributed by atoms with Crippen LogP contribution in [0, 0.1) is 5.82 Å². The highest BCUT2D eigenvalue weighted by atomic mass is 35.5. The van der Waals surface area contributed by atoms with E-state index in [0.717, 1.165) is 5.56 Å². The summed E-state index contributed by atoms with van der Waals surface area (Å²) < 4.78 is 67.2. The Bertz CT molecular complexity index is 1040. The smallest absolute Gasteiger partial charge is 0.283 e. The Morgan fingerprint density at radius 1 is 1.13 bits per heavy atom. The van der Waals surface area contributed by atoms with E-state index < -0.39 is 47.0 Å². The van der Waals surface area contributed by atoms with Crippen molar-refractivity contribution in [2.24, 2.45) is 0 Å². The lowest BCUT2D eigenvalue weighted by Crippen LogP contribution is -2.26. The van der Waals surface area contributed by atoms with Crippen LogP contribution in [0.4, 0.5) is 27.9 Å². The number of anilines is 1. The fourth-order valence-electron chi connectivity index (χ4n) is 2.61. The van der Waals surface area contributed by atoms with Crippen molar-refractivity contribution in [3.05, 3.63) is 58.4 Å². The monoisotopic (exact) mass is 448 g/mol. The highest BCUT2D eigenvalue weighted by molar-refractivity contribution is 6.32. The predicted molar refractivity (Wildman–Crippen MR) is 96.0 cm³/mol. The van der Waals surface area contributed by atoms with Gasteiger partial charge in [0.1, 0.15) is 29.6 Å². The molecule has 0 aliphatic heterocycles. The number of benzene rings is 1. The average Bonchev–Trinajstić information content (AvgIpc) is 3.26. The summed E-state index contributed by atoms with van der Waals surface area (Å²) in [6.07, 6.45) is -5.11. The number of hydrogen-bond acceptors (Lipinski definition) is 4. The van der Waals surface area contributed by atoms with E-state index in [2.05, 4.69) is 20.5 Å². The zero-order valence-corrected chi connectivity index (χ0v) is 16.0. The Morgan fingerprint density at radius 3 is 2.40 bits per heavy atom. The Morgan fingerprint density at radius 2 is 1.80 bits per heavy atom. The van der Waals surface area contributed by atoms with Crippen LogP contribution in [-0.4, -0.2) is 30.5 Å². The normalized spacial score (nSPS) is 12.6. The van der Waals surface area contributed by atoms with Gasteiger partial charge in [0.25, 0.3) is 18.8 Å². The van der Waals surface area contributed by atoms with Gasteiger partial charge in [-0.3, -0.25) is 10.1 Å². The standard InChI is InChI=1S/C17H14ClF5N6O/c1-8(29-13(15(22)23)11(18)12(26-29)14(20)21)16(30)25-17-24-7-28(27-17)6-9-2-4-10(19)5-3-9/h2-5,7-8,14-15H,6H2,1H3,(H,25,27,30). The van der Waals surface area contributed by atoms with Crippen LogP contribution in [0.5, 0.6) is 0 Å². The molecule has 1 N–H and O–H groups in total. The largest absolute Gasteiger partial charge is 0.291 e. The summed E-state index contributed by atoms with van der Waals surface area (Å²) in [5, 5.41) is 8.80. The summed E-state index contributed by atoms with van der Waals surface area (Å²) in [5.74, 6) is -1.40. The number of amides is 1. The molecule has 3 aromatic rings. The average molecular weight is 449 g/mol. The third kappa shape index (κ3) is 4.58. The Labute approximate surface area is 171 Å². The summed E-state index contributed by atoms with van der Waals surface area (Å²) in [7, 11) is 0. The van der Waals surface area contributed by atoms with E-state index in [-0.39, 0.29) is 12.5 Å². The summed E-state index contributed by atoms with van der Waals surface area (Å²) in [6.45, 7) is 1.43. The number of alkyl halides is 4. The molecule has 0 radical (unpaired) electrons. The minimum absolute atomic E-state index is 0.139. The zero-order chi connectivity index (χ0) is 22.0. The second-order valence-electron chi connectivity index (χ2n) is 6.19. The van der Waals surface area contributed by atoms with Crippen LogP contribution in [0.25, 0.3) is 0 Å². The van der Waals surface area contributed by atoms with Gasteiger partial charge in [0, 0.05) is 0 Å². The van der Waals surface area contributed by atoms with Crippen LogP contribution in [0.3, 0.4) is 0 Å². The van der Waals surface area contributed by atoms with Gasteiger partial charge in [-0.1, -0.05) is 23.7 Å². The minimum Gasteiger partial charge on any atom is -0.291 e. The lowest BCUT2D eigenvalue weighted by atomic mass is 10.2. The Kier molecular flexibility index (Phi) is 6.34. The van der Waals surface area contributed by atoms with Crippen molar-refractivity contribution in [2.45, 2.75) is 32.4 Å². The van der Waals surface area contributed by atoms with E-state index in [4.69, 9.17) is 11.6 Å². The van der Waals surface area contributed by atoms with Crippen molar-refractivity contribution in [3.63, 3.8) is 0 Å². The molecule has 30 heavy (non-hydrogen) atoms. The maximum atomic E-state index is 13.3. The molecule has 0 saturated heterocycles. The van der Waals surface area contributed by atoms with Gasteiger partial charge in [0.2, 0.25) is 5.95 Å². The number of aromatic nitrogens is 5. The van der Waals surface area contributed by atoms with Gasteiger partial charge < -0.3 is 0 Å². The lowest BCUT2D eigenvalue weighted by Gasteiger charge is -2.14. The molecule has 0 bridgehead atoms. The van der Waals surface area contributed by atoms with Gasteiger partial charge in [0.15, 0.2) is 0 Å². The molecule has 0 aliphatic rings. The molecule has 0 fully saturated rings. The SMILES string of the molecule is CC(C(=O)Nc1ncn(Cc2ccc(F)cc2)n1)n1nc(C(F)F)c(Cl)c1C(F)F. The summed E-state index contributed by atoms with van der Waals surface area (Å²) in [6, 6.07) is 4.25. The first-order valence-electron chi connectivity index (χ1n) is 8.46. The third-order valence-electron chi connectivity index (χ3n) is 4.10. The van der Waals surface area contributed by atoms with Crippen LogP contribution in [0.15, 0.2) is 30.6 Å². The molecule has 2 heterocycles. The number of hydrogen-bond donors (Lipinski definition) is 1. The van der Waals surface area contributed by atoms with Crippen molar-refractivity contribution in [2.75, 3.05) is 5.32 Å². The number of carbonyl (C=O) groups is 1. The van der Waals surface area contributed by atoms with Crippen molar-refractivity contribution in [1.82, 2.24) is 24.5 Å². The maximum absolute atomic E-state index is 13.3. The molecule has 7 nitrogen and oxygen atoms in total. The number of rotatable bonds is 7. The first-order valence-corrected chi connectivity index (χ1v) is 8.84. The van der Waals surface area contributed by atoms with E-state index in [1.54, 1.807) is 12.1 Å². The quantitative estimate of drug-likeness (QED) is 0.544. The Balaban J connectivity index is 1.74. The van der Waals surface area contributed by atoms with E-state index in [9.17, 15) is 26.7 Å². The van der Waals surface area contributed by atoms with Crippen LogP contribution < -0.4 is 5.32 Å². The molecular formula is C17H14ClF5N6O. The molecular weight excluding hydrogens is 435 g/mol. The molecule has 1 aromatic carbocycles. The van der Waals surface area contributed by atoms with Crippen LogP contribution >= 0.6 is 11.6 Å². The molecule has 0 saturated carbocycles. The molecule has 0 spiro atoms. The van der Waals surface area contributed by atoms with Crippen molar-refractivity contribution >= 4 is 23.5 Å². The third-order valence-corrected chi connectivity index (χ3v) is 4.49. The van der Waals surface area contributed by atoms with Gasteiger partial charge in [-0.25, -0.2) is 36.3 Å². The molecule has 160 valence electrons. The number of halogens is 6. The fraction of sp³-hybridized carbons (Fsp3) is 0.294. The second kappa shape index (κ2) is 8.78. The zero-order valence-electron chi connectivity index (χ0n) is 15.2. The number of nitrogens with zero attached hydrogens (tertiary/aromatic N) is 5. The van der Waals surface area contributed by atoms with Crippen LogP contribution in [0.2, 0.25) is 5.02 Å². The molecule has 0 aliphatic carbocycles. The highest BCUT2D eigenvalue weighted by Crippen LogP contribution is 2.36. The van der Waals surface area contributed by atoms with Gasteiger partial charge in [-0.05, 0) is 24.6 Å². The fourth-order valence-corrected chi connectivity index (χ4v) is 2.90. The van der Waals surface area contributed by atoms with Gasteiger partial charge in [0.05, 0.1) is 11.6 Å². The van der Waals surface area contributed by atoms with Gasteiger partial charge in [-0.2, -0.15) is 5.10 Å². The van der Waals surface area contributed by atoms with E-state index in [0.29, 0.717) is 4.68 Å². The first kappa shape index (κ1) is 21.7. The van der Waals surface area contributed by atoms with Crippen molar-refractivity contribution in [3.8, 4) is 0 Å². The Hall–Kier alpha value is -3.02. The predicted octanol–water partition coefficient (Wildman–Crippen LogP) is 4.39. The molecule has 13 heteroatoms. The highest BCUT2D eigenvalue weighted by Gasteiger charge is 2.32. The van der Waals surface area contributed by atoms with E-state index >= 15 is 0 Å². The van der Waals surface area contributed by atoms with Crippen LogP contribution in [-0.2, 0) is 11.3 Å². The van der Waals surface area contributed by atoms with Crippen molar-refractivity contribution in [1.29, 1.82) is 0 Å². The molecule has 1 amide bonds. The molecule has 1 atom stereocenters. The minimum atomic E-state index is -3.22. The lowest BCUT2D eigenvalue weighted by molar-refractivity contribution is -0.119. The maximum Gasteiger partial charge on any atom is 0.283 e. The van der Waals surface area contributed by atoms with E-state index in [1.807, 2.05) is 0 Å². The van der Waals surface area contributed by atoms with E-state index in [1.165, 1.54) is 30.1 Å². The summed E-state index contributed by atoms with van der Waals surface area (Å²) in [5.41, 5.74) is -1.29. The van der Waals surface area contributed by atoms with Crippen molar-refractivity contribution < 1.29 is 26.7 Å². The van der Waals surface area contributed by atoms with Crippen LogP contribution in [0.1, 0.15) is 42.8 Å². The van der Waals surface area contributed by atoms with Gasteiger partial charge >= 0.3 is 0 Å². The summed E-state index contributed by atoms with van der Waals surface area (Å²) >= 11 is 5.59. The summed E-state index contributed by atoms with van der Waals surface area (Å²) in [4.78, 5) is 16.3. The second-order valence-corrected chi connectivity index (χ2v) is 6.57. The molecule has 3 rings (SSSR count). The topological polar surface area (TPSA) is 77.6 Å². The van der Waals surface area contributed by atoms with Gasteiger partial charge in [-0.15, -0.1) is 5.10 Å². The number of nitrogens with one attached hydrogen (secondary N) is 1. The molecule has 1 unspecified atom stereocenters.